The number of aliphatic carboxylic acids is 1. The minimum absolute atomic E-state index is 0.0388. The molecule has 2 saturated carbocycles. The summed E-state index contributed by atoms with van der Waals surface area (Å²) in [5.74, 6) is -0.916. The van der Waals surface area contributed by atoms with E-state index in [4.69, 9.17) is 4.74 Å². The Morgan fingerprint density at radius 3 is 2.40 bits per heavy atom. The van der Waals surface area contributed by atoms with Crippen LogP contribution in [0, 0.1) is 0 Å². The average molecular weight is 275 g/mol. The maximum Gasteiger partial charge on any atom is 0.411 e. The van der Waals surface area contributed by atoms with Gasteiger partial charge in [0.1, 0.15) is 12.1 Å². The Morgan fingerprint density at radius 2 is 1.90 bits per heavy atom. The van der Waals surface area contributed by atoms with Gasteiger partial charge in [-0.2, -0.15) is 0 Å². The molecule has 0 bridgehead atoms. The molecule has 5 heteroatoms. The summed E-state index contributed by atoms with van der Waals surface area (Å²) >= 11 is 0. The van der Waals surface area contributed by atoms with E-state index in [1.165, 1.54) is 4.90 Å². The number of carbonyl (C=O) groups excluding carboxylic acids is 1. The van der Waals surface area contributed by atoms with Crippen molar-refractivity contribution in [2.75, 3.05) is 0 Å². The first kappa shape index (κ1) is 13.0. The van der Waals surface area contributed by atoms with Crippen molar-refractivity contribution in [3.8, 4) is 0 Å². The molecule has 106 valence electrons. The number of carbonyl (C=O) groups is 2. The number of hydrogen-bond acceptors (Lipinski definition) is 3. The number of nitrogens with zero attached hydrogens (tertiary/aromatic N) is 1. The SMILES string of the molecule is O=C(OCc1ccccc1)N(C1CC1)C1(C(=O)O)CC1. The van der Waals surface area contributed by atoms with Crippen LogP contribution in [0.15, 0.2) is 30.3 Å². The van der Waals surface area contributed by atoms with Gasteiger partial charge in [-0.3, -0.25) is 4.90 Å². The normalized spacial score (nSPS) is 19.2. The first-order chi connectivity index (χ1) is 9.63. The second-order valence-corrected chi connectivity index (χ2v) is 5.48. The predicted octanol–water partition coefficient (Wildman–Crippen LogP) is 2.40. The fourth-order valence-corrected chi connectivity index (χ4v) is 2.47. The van der Waals surface area contributed by atoms with Crippen molar-refractivity contribution in [3.05, 3.63) is 35.9 Å². The van der Waals surface area contributed by atoms with Gasteiger partial charge >= 0.3 is 12.1 Å². The van der Waals surface area contributed by atoms with E-state index in [-0.39, 0.29) is 12.6 Å². The van der Waals surface area contributed by atoms with Crippen LogP contribution in [0.4, 0.5) is 4.79 Å². The van der Waals surface area contributed by atoms with Crippen molar-refractivity contribution in [2.45, 2.75) is 43.9 Å². The lowest BCUT2D eigenvalue weighted by atomic mass is 10.2. The fourth-order valence-electron chi connectivity index (χ4n) is 2.47. The van der Waals surface area contributed by atoms with Crippen molar-refractivity contribution in [1.82, 2.24) is 4.90 Å². The molecule has 0 saturated heterocycles. The van der Waals surface area contributed by atoms with E-state index in [9.17, 15) is 14.7 Å². The highest BCUT2D eigenvalue weighted by atomic mass is 16.6. The van der Waals surface area contributed by atoms with Crippen LogP contribution in [0.25, 0.3) is 0 Å². The molecule has 1 aromatic carbocycles. The number of carboxylic acids is 1. The van der Waals surface area contributed by atoms with Crippen LogP contribution in [-0.2, 0) is 16.1 Å². The summed E-state index contributed by atoms with van der Waals surface area (Å²) < 4.78 is 5.29. The van der Waals surface area contributed by atoms with Gasteiger partial charge in [-0.25, -0.2) is 9.59 Å². The van der Waals surface area contributed by atoms with E-state index >= 15 is 0 Å². The lowest BCUT2D eigenvalue weighted by molar-refractivity contribution is -0.144. The molecule has 2 aliphatic carbocycles. The third-order valence-electron chi connectivity index (χ3n) is 3.90. The molecule has 0 radical (unpaired) electrons. The minimum Gasteiger partial charge on any atom is -0.479 e. The third-order valence-corrected chi connectivity index (χ3v) is 3.90. The number of hydrogen-bond donors (Lipinski definition) is 1. The van der Waals surface area contributed by atoms with Gasteiger partial charge in [0.05, 0.1) is 0 Å². The zero-order valence-electron chi connectivity index (χ0n) is 11.1. The summed E-state index contributed by atoms with van der Waals surface area (Å²) in [6.07, 6.45) is 2.29. The Labute approximate surface area is 117 Å². The van der Waals surface area contributed by atoms with Crippen molar-refractivity contribution in [1.29, 1.82) is 0 Å². The maximum absolute atomic E-state index is 12.2. The quantitative estimate of drug-likeness (QED) is 0.896. The van der Waals surface area contributed by atoms with Crippen molar-refractivity contribution in [3.63, 3.8) is 0 Å². The average Bonchev–Trinajstić information content (AvgIpc) is 3.33. The Kier molecular flexibility index (Phi) is 3.12. The smallest absolute Gasteiger partial charge is 0.411 e. The van der Waals surface area contributed by atoms with Crippen LogP contribution >= 0.6 is 0 Å². The predicted molar refractivity (Wildman–Crippen MR) is 71.1 cm³/mol. The molecule has 0 aromatic heterocycles. The molecule has 2 aliphatic rings. The summed E-state index contributed by atoms with van der Waals surface area (Å²) in [6, 6.07) is 9.43. The number of carboxylic acid groups (broad SMARTS) is 1. The monoisotopic (exact) mass is 275 g/mol. The highest BCUT2D eigenvalue weighted by Crippen LogP contribution is 2.47. The standard InChI is InChI=1S/C15H17NO4/c17-13(18)15(8-9-15)16(12-6-7-12)14(19)20-10-11-4-2-1-3-5-11/h1-5,12H,6-10H2,(H,17,18). The van der Waals surface area contributed by atoms with E-state index < -0.39 is 17.6 Å². The first-order valence-electron chi connectivity index (χ1n) is 6.87. The molecule has 1 amide bonds. The number of amides is 1. The zero-order chi connectivity index (χ0) is 14.2. The molecule has 0 heterocycles. The maximum atomic E-state index is 12.2. The molecular weight excluding hydrogens is 258 g/mol. The van der Waals surface area contributed by atoms with Gasteiger partial charge in [-0.1, -0.05) is 30.3 Å². The van der Waals surface area contributed by atoms with Crippen molar-refractivity contribution in [2.24, 2.45) is 0 Å². The van der Waals surface area contributed by atoms with Gasteiger partial charge in [-0.15, -0.1) is 0 Å². The Hall–Kier alpha value is -2.04. The molecule has 2 fully saturated rings. The first-order valence-corrected chi connectivity index (χ1v) is 6.87. The molecule has 0 spiro atoms. The molecular formula is C15H17NO4. The van der Waals surface area contributed by atoms with Crippen LogP contribution in [0.5, 0.6) is 0 Å². The fraction of sp³-hybridized carbons (Fsp3) is 0.467. The number of rotatable bonds is 5. The van der Waals surface area contributed by atoms with Crippen LogP contribution in [0.2, 0.25) is 0 Å². The number of ether oxygens (including phenoxy) is 1. The molecule has 5 nitrogen and oxygen atoms in total. The van der Waals surface area contributed by atoms with Crippen LogP contribution in [0.3, 0.4) is 0 Å². The molecule has 1 N–H and O–H groups in total. The van der Waals surface area contributed by atoms with Crippen LogP contribution in [-0.4, -0.2) is 33.6 Å². The summed E-state index contributed by atoms with van der Waals surface area (Å²) in [5.41, 5.74) is -0.105. The van der Waals surface area contributed by atoms with E-state index in [1.54, 1.807) is 0 Å². The molecule has 0 aliphatic heterocycles. The molecule has 3 rings (SSSR count). The zero-order valence-corrected chi connectivity index (χ0v) is 11.1. The van der Waals surface area contributed by atoms with Gasteiger partial charge in [0.25, 0.3) is 0 Å². The van der Waals surface area contributed by atoms with Gasteiger partial charge in [0, 0.05) is 6.04 Å². The summed E-state index contributed by atoms with van der Waals surface area (Å²) in [6.45, 7) is 0.179. The summed E-state index contributed by atoms with van der Waals surface area (Å²) in [7, 11) is 0. The van der Waals surface area contributed by atoms with Crippen molar-refractivity contribution >= 4 is 12.1 Å². The summed E-state index contributed by atoms with van der Waals surface area (Å²) in [5, 5.41) is 9.34. The molecule has 1 aromatic rings. The van der Waals surface area contributed by atoms with Gasteiger partial charge < -0.3 is 9.84 Å². The highest BCUT2D eigenvalue weighted by molar-refractivity contribution is 5.87. The largest absolute Gasteiger partial charge is 0.479 e. The Morgan fingerprint density at radius 1 is 1.25 bits per heavy atom. The molecule has 0 unspecified atom stereocenters. The molecule has 0 atom stereocenters. The van der Waals surface area contributed by atoms with E-state index in [0.29, 0.717) is 12.8 Å². The number of benzene rings is 1. The second kappa shape index (κ2) is 4.81. The summed E-state index contributed by atoms with van der Waals surface area (Å²) in [4.78, 5) is 25.1. The Bertz CT molecular complexity index is 520. The highest BCUT2D eigenvalue weighted by Gasteiger charge is 2.61. The van der Waals surface area contributed by atoms with Crippen LogP contribution in [0.1, 0.15) is 31.2 Å². The van der Waals surface area contributed by atoms with Gasteiger partial charge in [0.2, 0.25) is 0 Å². The topological polar surface area (TPSA) is 66.8 Å². The van der Waals surface area contributed by atoms with E-state index in [2.05, 4.69) is 0 Å². The van der Waals surface area contributed by atoms with Crippen molar-refractivity contribution < 1.29 is 19.4 Å². The lowest BCUT2D eigenvalue weighted by Gasteiger charge is -2.28. The van der Waals surface area contributed by atoms with Crippen LogP contribution < -0.4 is 0 Å². The van der Waals surface area contributed by atoms with Gasteiger partial charge in [-0.05, 0) is 31.2 Å². The van der Waals surface area contributed by atoms with Gasteiger partial charge in [0.15, 0.2) is 0 Å². The molecule has 20 heavy (non-hydrogen) atoms. The second-order valence-electron chi connectivity index (χ2n) is 5.48. The third kappa shape index (κ3) is 2.35. The lowest BCUT2D eigenvalue weighted by Crippen LogP contribution is -2.48. The van der Waals surface area contributed by atoms with E-state index in [1.807, 2.05) is 30.3 Å². The minimum atomic E-state index is -1.01. The van der Waals surface area contributed by atoms with E-state index in [0.717, 1.165) is 18.4 Å². The Balaban J connectivity index is 1.66.